The van der Waals surface area contributed by atoms with Crippen LogP contribution in [0.15, 0.2) is 164 Å². The van der Waals surface area contributed by atoms with E-state index in [0.717, 1.165) is 22.3 Å². The summed E-state index contributed by atoms with van der Waals surface area (Å²) in [6.45, 7) is 0. The highest BCUT2D eigenvalue weighted by molar-refractivity contribution is 6.21. The van der Waals surface area contributed by atoms with Crippen molar-refractivity contribution < 1.29 is 0 Å². The molecule has 3 nitrogen and oxygen atoms in total. The van der Waals surface area contributed by atoms with Crippen molar-refractivity contribution in [2.75, 3.05) is 0 Å². The summed E-state index contributed by atoms with van der Waals surface area (Å²) in [4.78, 5) is 13.6. The maximum atomic E-state index is 4.75. The van der Waals surface area contributed by atoms with Gasteiger partial charge >= 0.3 is 0 Å². The maximum Gasteiger partial charge on any atom is 0.163 e. The molecule has 0 unspecified atom stereocenters. The summed E-state index contributed by atoms with van der Waals surface area (Å²) in [5.74, 6) is 1.33. The molecule has 0 fully saturated rings. The first kappa shape index (κ1) is 25.8. The van der Waals surface area contributed by atoms with Crippen molar-refractivity contribution in [1.29, 1.82) is 0 Å². The molecule has 1 heterocycles. The molecular weight excluding hydrogens is 534 g/mol. The van der Waals surface area contributed by atoms with Crippen molar-refractivity contribution in [3.63, 3.8) is 0 Å². The largest absolute Gasteiger partial charge is 0.217 e. The van der Waals surface area contributed by atoms with Crippen LogP contribution in [0, 0.1) is 0 Å². The minimum atomic E-state index is 0.661. The highest BCUT2D eigenvalue weighted by Crippen LogP contribution is 2.44. The third kappa shape index (κ3) is 4.61. The Morgan fingerprint density at radius 3 is 1.27 bits per heavy atom. The van der Waals surface area contributed by atoms with Gasteiger partial charge in [0, 0.05) is 11.1 Å². The van der Waals surface area contributed by atoms with E-state index in [1.165, 1.54) is 43.8 Å². The van der Waals surface area contributed by atoms with E-state index < -0.39 is 0 Å². The van der Waals surface area contributed by atoms with Crippen LogP contribution in [0.5, 0.6) is 0 Å². The summed E-state index contributed by atoms with van der Waals surface area (Å²) >= 11 is 0. The fourth-order valence-electron chi connectivity index (χ4n) is 6.16. The lowest BCUT2D eigenvalue weighted by atomic mass is 9.85. The van der Waals surface area contributed by atoms with E-state index in [1.54, 1.807) is 6.33 Å². The summed E-state index contributed by atoms with van der Waals surface area (Å²) in [6.07, 6.45) is 1.58. The van der Waals surface area contributed by atoms with Crippen LogP contribution in [0.25, 0.3) is 77.7 Å². The van der Waals surface area contributed by atoms with Gasteiger partial charge in [-0.2, -0.15) is 0 Å². The molecule has 8 aromatic rings. The van der Waals surface area contributed by atoms with Crippen molar-refractivity contribution >= 4 is 21.5 Å². The lowest BCUT2D eigenvalue weighted by molar-refractivity contribution is 1.07. The number of benzene rings is 7. The van der Waals surface area contributed by atoms with E-state index in [4.69, 9.17) is 4.98 Å². The minimum absolute atomic E-state index is 0.661. The molecule has 7 aromatic carbocycles. The molecule has 0 spiro atoms. The molecule has 0 aliphatic heterocycles. The number of rotatable bonds is 5. The van der Waals surface area contributed by atoms with Gasteiger partial charge in [0.2, 0.25) is 0 Å². The Morgan fingerprint density at radius 2 is 0.705 bits per heavy atom. The molecule has 0 saturated heterocycles. The predicted molar refractivity (Wildman–Crippen MR) is 182 cm³/mol. The van der Waals surface area contributed by atoms with Gasteiger partial charge < -0.3 is 0 Å². The first-order chi connectivity index (χ1) is 21.8. The van der Waals surface area contributed by atoms with Gasteiger partial charge in [-0.25, -0.2) is 15.0 Å². The third-order valence-electron chi connectivity index (χ3n) is 8.23. The SMILES string of the molecule is c1ccc(-c2ncnc(-c3ccc(-c4ccc5c(-c6ccccc6)c6ccccc6c(-c6ccccc6)c5c4)cc3)n2)cc1. The van der Waals surface area contributed by atoms with Crippen molar-refractivity contribution in [3.8, 4) is 56.2 Å². The standard InChI is InChI=1S/C41H27N3/c1-4-12-29(13-5-1)38-34-18-10-11-19-35(34)39(30-14-6-2-7-15-30)37-26-33(24-25-36(37)38)28-20-22-32(23-21-28)41-43-27-42-40(44-41)31-16-8-3-9-17-31/h1-27H. The average Bonchev–Trinajstić information content (AvgIpc) is 3.11. The highest BCUT2D eigenvalue weighted by Gasteiger charge is 2.17. The molecule has 0 N–H and O–H groups in total. The zero-order valence-corrected chi connectivity index (χ0v) is 23.9. The van der Waals surface area contributed by atoms with Crippen LogP contribution in [0.3, 0.4) is 0 Å². The van der Waals surface area contributed by atoms with Crippen LogP contribution >= 0.6 is 0 Å². The van der Waals surface area contributed by atoms with E-state index in [1.807, 2.05) is 30.3 Å². The van der Waals surface area contributed by atoms with Crippen LogP contribution in [0.2, 0.25) is 0 Å². The Labute approximate surface area is 256 Å². The molecule has 206 valence electrons. The second-order valence-corrected chi connectivity index (χ2v) is 10.9. The normalized spacial score (nSPS) is 11.2. The molecule has 0 aliphatic rings. The zero-order chi connectivity index (χ0) is 29.3. The Morgan fingerprint density at radius 1 is 0.295 bits per heavy atom. The summed E-state index contributed by atoms with van der Waals surface area (Å²) < 4.78 is 0. The number of nitrogens with zero attached hydrogens (tertiary/aromatic N) is 3. The third-order valence-corrected chi connectivity index (χ3v) is 8.23. The molecule has 0 radical (unpaired) electrons. The Balaban J connectivity index is 1.29. The Bertz CT molecular complexity index is 2240. The number of aromatic nitrogens is 3. The predicted octanol–water partition coefficient (Wildman–Crippen LogP) is 10.5. The molecule has 1 aromatic heterocycles. The van der Waals surface area contributed by atoms with E-state index >= 15 is 0 Å². The molecule has 0 atom stereocenters. The van der Waals surface area contributed by atoms with Crippen LogP contribution < -0.4 is 0 Å². The van der Waals surface area contributed by atoms with Gasteiger partial charge in [-0.3, -0.25) is 0 Å². The van der Waals surface area contributed by atoms with Crippen molar-refractivity contribution in [2.24, 2.45) is 0 Å². The highest BCUT2D eigenvalue weighted by atomic mass is 15.0. The Kier molecular flexibility index (Phi) is 6.47. The molecular formula is C41H27N3. The molecule has 0 amide bonds. The van der Waals surface area contributed by atoms with Crippen LogP contribution in [-0.4, -0.2) is 15.0 Å². The van der Waals surface area contributed by atoms with Crippen LogP contribution in [0.1, 0.15) is 0 Å². The quantitative estimate of drug-likeness (QED) is 0.196. The first-order valence-electron chi connectivity index (χ1n) is 14.8. The van der Waals surface area contributed by atoms with Gasteiger partial charge in [0.1, 0.15) is 6.33 Å². The van der Waals surface area contributed by atoms with E-state index in [9.17, 15) is 0 Å². The Hall–Kier alpha value is -5.93. The van der Waals surface area contributed by atoms with E-state index in [2.05, 4.69) is 137 Å². The maximum absolute atomic E-state index is 4.75. The average molecular weight is 562 g/mol. The number of fused-ring (bicyclic) bond motifs is 2. The summed E-state index contributed by atoms with van der Waals surface area (Å²) in [6, 6.07) is 55.6. The zero-order valence-electron chi connectivity index (χ0n) is 23.9. The van der Waals surface area contributed by atoms with Gasteiger partial charge in [0.25, 0.3) is 0 Å². The molecule has 8 rings (SSSR count). The molecule has 0 bridgehead atoms. The lowest BCUT2D eigenvalue weighted by Crippen LogP contribution is -1.95. The van der Waals surface area contributed by atoms with Gasteiger partial charge in [-0.1, -0.05) is 152 Å². The second-order valence-electron chi connectivity index (χ2n) is 10.9. The fraction of sp³-hybridized carbons (Fsp3) is 0. The van der Waals surface area contributed by atoms with E-state index in [-0.39, 0.29) is 0 Å². The van der Waals surface area contributed by atoms with E-state index in [0.29, 0.717) is 11.6 Å². The van der Waals surface area contributed by atoms with Gasteiger partial charge in [-0.05, 0) is 61.0 Å². The van der Waals surface area contributed by atoms with Crippen LogP contribution in [0.4, 0.5) is 0 Å². The topological polar surface area (TPSA) is 38.7 Å². The number of hydrogen-bond donors (Lipinski definition) is 0. The monoisotopic (exact) mass is 561 g/mol. The molecule has 0 aliphatic carbocycles. The van der Waals surface area contributed by atoms with Crippen molar-refractivity contribution in [3.05, 3.63) is 164 Å². The molecule has 44 heavy (non-hydrogen) atoms. The van der Waals surface area contributed by atoms with Gasteiger partial charge in [0.05, 0.1) is 0 Å². The molecule has 3 heteroatoms. The van der Waals surface area contributed by atoms with Crippen molar-refractivity contribution in [2.45, 2.75) is 0 Å². The first-order valence-corrected chi connectivity index (χ1v) is 14.8. The van der Waals surface area contributed by atoms with Gasteiger partial charge in [0.15, 0.2) is 11.6 Å². The lowest BCUT2D eigenvalue weighted by Gasteiger charge is -2.18. The number of hydrogen-bond acceptors (Lipinski definition) is 3. The smallest absolute Gasteiger partial charge is 0.163 e. The summed E-state index contributed by atoms with van der Waals surface area (Å²) in [7, 11) is 0. The molecule has 0 saturated carbocycles. The fourth-order valence-corrected chi connectivity index (χ4v) is 6.16. The van der Waals surface area contributed by atoms with Crippen molar-refractivity contribution in [1.82, 2.24) is 15.0 Å². The summed E-state index contributed by atoms with van der Waals surface area (Å²) in [5.41, 5.74) is 9.19. The minimum Gasteiger partial charge on any atom is -0.217 e. The van der Waals surface area contributed by atoms with Crippen LogP contribution in [-0.2, 0) is 0 Å². The summed E-state index contributed by atoms with van der Waals surface area (Å²) in [5, 5.41) is 4.99. The van der Waals surface area contributed by atoms with Gasteiger partial charge in [-0.15, -0.1) is 0 Å². The second kappa shape index (κ2) is 11.0.